The summed E-state index contributed by atoms with van der Waals surface area (Å²) in [6, 6.07) is 6.36. The predicted molar refractivity (Wildman–Crippen MR) is 77.9 cm³/mol. The molecule has 4 nitrogen and oxygen atoms in total. The number of halogens is 1. The lowest BCUT2D eigenvalue weighted by Crippen LogP contribution is -2.45. The summed E-state index contributed by atoms with van der Waals surface area (Å²) >= 11 is 0. The van der Waals surface area contributed by atoms with E-state index >= 15 is 0 Å². The summed E-state index contributed by atoms with van der Waals surface area (Å²) < 4.78 is 46.1. The van der Waals surface area contributed by atoms with E-state index in [1.54, 1.807) is 12.1 Å². The van der Waals surface area contributed by atoms with Gasteiger partial charge in [-0.15, -0.1) is 0 Å². The van der Waals surface area contributed by atoms with Gasteiger partial charge in [0, 0.05) is 18.6 Å². The molecular formula is C15H20FNO3S. The van der Waals surface area contributed by atoms with Gasteiger partial charge in [-0.25, -0.2) is 17.5 Å². The highest BCUT2D eigenvalue weighted by atomic mass is 32.2. The maximum atomic E-state index is 13.0. The van der Waals surface area contributed by atoms with Crippen LogP contribution in [0, 0.1) is 11.7 Å². The Morgan fingerprint density at radius 2 is 1.90 bits per heavy atom. The SMILES string of the molecule is O=S(=O)(NC1CC1)[C@@H]1CCOC[C@H]1Cc1ccc(F)cc1. The summed E-state index contributed by atoms with van der Waals surface area (Å²) in [5, 5.41) is -0.420. The lowest BCUT2D eigenvalue weighted by atomic mass is 9.93. The third kappa shape index (κ3) is 3.81. The minimum absolute atomic E-state index is 0.0829. The van der Waals surface area contributed by atoms with E-state index in [2.05, 4.69) is 4.72 Å². The first-order valence-corrected chi connectivity index (χ1v) is 8.92. The van der Waals surface area contributed by atoms with E-state index in [0.29, 0.717) is 26.1 Å². The molecule has 0 bridgehead atoms. The van der Waals surface area contributed by atoms with Crippen molar-refractivity contribution < 1.29 is 17.5 Å². The van der Waals surface area contributed by atoms with Crippen LogP contribution in [0.4, 0.5) is 4.39 Å². The van der Waals surface area contributed by atoms with Gasteiger partial charge in [-0.2, -0.15) is 0 Å². The molecule has 1 aliphatic carbocycles. The molecule has 1 saturated heterocycles. The van der Waals surface area contributed by atoms with Gasteiger partial charge in [0.25, 0.3) is 0 Å². The number of benzene rings is 1. The van der Waals surface area contributed by atoms with E-state index in [4.69, 9.17) is 4.74 Å². The number of ether oxygens (including phenoxy) is 1. The molecule has 3 rings (SSSR count). The molecule has 116 valence electrons. The summed E-state index contributed by atoms with van der Waals surface area (Å²) in [6.45, 7) is 0.920. The Hall–Kier alpha value is -0.980. The molecule has 0 unspecified atom stereocenters. The highest BCUT2D eigenvalue weighted by Crippen LogP contribution is 2.28. The summed E-state index contributed by atoms with van der Waals surface area (Å²) in [4.78, 5) is 0. The molecule has 21 heavy (non-hydrogen) atoms. The van der Waals surface area contributed by atoms with Crippen molar-refractivity contribution in [3.63, 3.8) is 0 Å². The second kappa shape index (κ2) is 6.02. The molecule has 0 radical (unpaired) electrons. The summed E-state index contributed by atoms with van der Waals surface area (Å²) in [6.07, 6.45) is 2.99. The average Bonchev–Trinajstić information content (AvgIpc) is 3.25. The smallest absolute Gasteiger partial charge is 0.215 e. The standard InChI is InChI=1S/C15H20FNO3S/c16-13-3-1-11(2-4-13)9-12-10-20-8-7-15(12)21(18,19)17-14-5-6-14/h1-4,12,14-15,17H,5-10H2/t12-,15-/m1/s1. The molecule has 1 aromatic rings. The Balaban J connectivity index is 1.72. The molecule has 2 fully saturated rings. The van der Waals surface area contributed by atoms with E-state index in [1.807, 2.05) is 0 Å². The van der Waals surface area contributed by atoms with Crippen molar-refractivity contribution in [2.24, 2.45) is 5.92 Å². The average molecular weight is 313 g/mol. The minimum atomic E-state index is -3.30. The molecule has 2 aliphatic rings. The van der Waals surface area contributed by atoms with Crippen LogP contribution in [0.2, 0.25) is 0 Å². The maximum absolute atomic E-state index is 13.0. The van der Waals surface area contributed by atoms with Gasteiger partial charge in [0.05, 0.1) is 11.9 Å². The van der Waals surface area contributed by atoms with E-state index < -0.39 is 15.3 Å². The third-order valence-electron chi connectivity index (χ3n) is 4.12. The first kappa shape index (κ1) is 14.9. The topological polar surface area (TPSA) is 55.4 Å². The first-order valence-electron chi connectivity index (χ1n) is 7.38. The number of sulfonamides is 1. The lowest BCUT2D eigenvalue weighted by Gasteiger charge is -2.31. The molecule has 0 amide bonds. The normalized spacial score (nSPS) is 26.7. The summed E-state index contributed by atoms with van der Waals surface area (Å²) in [5.41, 5.74) is 0.943. The zero-order valence-corrected chi connectivity index (χ0v) is 12.6. The van der Waals surface area contributed by atoms with Crippen LogP contribution >= 0.6 is 0 Å². The highest BCUT2D eigenvalue weighted by molar-refractivity contribution is 7.90. The molecule has 0 spiro atoms. The molecule has 6 heteroatoms. The zero-order chi connectivity index (χ0) is 14.9. The largest absolute Gasteiger partial charge is 0.381 e. The highest BCUT2D eigenvalue weighted by Gasteiger charge is 2.39. The molecule has 1 heterocycles. The summed E-state index contributed by atoms with van der Waals surface area (Å²) in [7, 11) is -3.30. The van der Waals surface area contributed by atoms with E-state index in [9.17, 15) is 12.8 Å². The van der Waals surface area contributed by atoms with E-state index in [-0.39, 0.29) is 17.8 Å². The molecule has 0 aromatic heterocycles. The zero-order valence-electron chi connectivity index (χ0n) is 11.8. The van der Waals surface area contributed by atoms with Crippen LogP contribution < -0.4 is 4.72 Å². The van der Waals surface area contributed by atoms with Crippen LogP contribution in [0.3, 0.4) is 0 Å². The van der Waals surface area contributed by atoms with Gasteiger partial charge in [-0.05, 0) is 43.4 Å². The van der Waals surface area contributed by atoms with Crippen LogP contribution in [0.1, 0.15) is 24.8 Å². The second-order valence-electron chi connectivity index (χ2n) is 5.93. The number of hydrogen-bond donors (Lipinski definition) is 1. The molecule has 2 atom stereocenters. The quantitative estimate of drug-likeness (QED) is 0.902. The van der Waals surface area contributed by atoms with Crippen LogP contribution in [-0.2, 0) is 21.2 Å². The molecular weight excluding hydrogens is 293 g/mol. The van der Waals surface area contributed by atoms with Gasteiger partial charge in [0.2, 0.25) is 10.0 Å². The van der Waals surface area contributed by atoms with Gasteiger partial charge in [-0.1, -0.05) is 12.1 Å². The molecule has 1 N–H and O–H groups in total. The van der Waals surface area contributed by atoms with Gasteiger partial charge in [-0.3, -0.25) is 0 Å². The van der Waals surface area contributed by atoms with Crippen LogP contribution in [-0.4, -0.2) is 32.9 Å². The monoisotopic (exact) mass is 313 g/mol. The molecule has 1 aromatic carbocycles. The van der Waals surface area contributed by atoms with Crippen molar-refractivity contribution >= 4 is 10.0 Å². The maximum Gasteiger partial charge on any atom is 0.215 e. The van der Waals surface area contributed by atoms with Crippen molar-refractivity contribution in [1.82, 2.24) is 4.72 Å². The van der Waals surface area contributed by atoms with Crippen molar-refractivity contribution in [2.45, 2.75) is 37.0 Å². The number of hydrogen-bond acceptors (Lipinski definition) is 3. The Bertz CT molecular complexity index is 583. The third-order valence-corrected chi connectivity index (χ3v) is 6.20. The summed E-state index contributed by atoms with van der Waals surface area (Å²) in [5.74, 6) is -0.362. The van der Waals surface area contributed by atoms with Crippen molar-refractivity contribution in [3.8, 4) is 0 Å². The van der Waals surface area contributed by atoms with E-state index in [0.717, 1.165) is 18.4 Å². The van der Waals surface area contributed by atoms with Crippen molar-refractivity contribution in [3.05, 3.63) is 35.6 Å². The lowest BCUT2D eigenvalue weighted by molar-refractivity contribution is 0.0570. The van der Waals surface area contributed by atoms with Crippen LogP contribution in [0.5, 0.6) is 0 Å². The predicted octanol–water partition coefficient (Wildman–Crippen LogP) is 1.86. The van der Waals surface area contributed by atoms with Crippen molar-refractivity contribution in [2.75, 3.05) is 13.2 Å². The van der Waals surface area contributed by atoms with Gasteiger partial charge in [0.1, 0.15) is 5.82 Å². The Kier molecular flexibility index (Phi) is 4.28. The fraction of sp³-hybridized carbons (Fsp3) is 0.600. The van der Waals surface area contributed by atoms with Crippen LogP contribution in [0.25, 0.3) is 0 Å². The van der Waals surface area contributed by atoms with Gasteiger partial charge < -0.3 is 4.74 Å². The number of nitrogens with one attached hydrogen (secondary N) is 1. The Morgan fingerprint density at radius 1 is 1.19 bits per heavy atom. The molecule has 1 aliphatic heterocycles. The first-order chi connectivity index (χ1) is 10.0. The van der Waals surface area contributed by atoms with E-state index in [1.165, 1.54) is 12.1 Å². The molecule has 1 saturated carbocycles. The van der Waals surface area contributed by atoms with Gasteiger partial charge >= 0.3 is 0 Å². The Labute approximate surface area is 124 Å². The second-order valence-corrected chi connectivity index (χ2v) is 7.86. The Morgan fingerprint density at radius 3 is 2.57 bits per heavy atom. The van der Waals surface area contributed by atoms with Crippen molar-refractivity contribution in [1.29, 1.82) is 0 Å². The number of rotatable bonds is 5. The minimum Gasteiger partial charge on any atom is -0.381 e. The fourth-order valence-electron chi connectivity index (χ4n) is 2.82. The van der Waals surface area contributed by atoms with Crippen LogP contribution in [0.15, 0.2) is 24.3 Å². The fourth-order valence-corrected chi connectivity index (χ4v) is 4.78. The van der Waals surface area contributed by atoms with Gasteiger partial charge in [0.15, 0.2) is 0 Å².